The molecule has 3 nitrogen and oxygen atoms in total. The van der Waals surface area contributed by atoms with E-state index in [-0.39, 0.29) is 0 Å². The molecule has 2 rings (SSSR count). The predicted octanol–water partition coefficient (Wildman–Crippen LogP) is 2.89. The van der Waals surface area contributed by atoms with Crippen LogP contribution in [0.4, 0.5) is 0 Å². The SMILES string of the molecule is Clc1cc(-c2cnc[nH]2)c(Br)cn1. The zero-order chi connectivity index (χ0) is 9.26. The van der Waals surface area contributed by atoms with Crippen LogP contribution in [-0.2, 0) is 0 Å². The van der Waals surface area contributed by atoms with E-state index in [1.807, 2.05) is 0 Å². The van der Waals surface area contributed by atoms with Gasteiger partial charge in [-0.1, -0.05) is 11.6 Å². The lowest BCUT2D eigenvalue weighted by atomic mass is 10.2. The molecule has 1 N–H and O–H groups in total. The van der Waals surface area contributed by atoms with Crippen LogP contribution in [0.15, 0.2) is 29.3 Å². The van der Waals surface area contributed by atoms with Gasteiger partial charge in [0.1, 0.15) is 5.15 Å². The second-order valence-electron chi connectivity index (χ2n) is 2.45. The second-order valence-corrected chi connectivity index (χ2v) is 3.69. The fraction of sp³-hybridized carbons (Fsp3) is 0. The van der Waals surface area contributed by atoms with Gasteiger partial charge in [-0.2, -0.15) is 0 Å². The summed E-state index contributed by atoms with van der Waals surface area (Å²) in [4.78, 5) is 10.9. The lowest BCUT2D eigenvalue weighted by Gasteiger charge is -2.00. The number of aromatic nitrogens is 3. The Morgan fingerprint density at radius 1 is 1.38 bits per heavy atom. The number of nitrogens with one attached hydrogen (secondary N) is 1. The van der Waals surface area contributed by atoms with Crippen LogP contribution in [0, 0.1) is 0 Å². The van der Waals surface area contributed by atoms with Crippen molar-refractivity contribution in [2.75, 3.05) is 0 Å². The molecule has 0 radical (unpaired) electrons. The van der Waals surface area contributed by atoms with Gasteiger partial charge < -0.3 is 4.98 Å². The molecule has 0 aliphatic rings. The third-order valence-corrected chi connectivity index (χ3v) is 2.45. The van der Waals surface area contributed by atoms with Crippen molar-refractivity contribution in [1.29, 1.82) is 0 Å². The zero-order valence-electron chi connectivity index (χ0n) is 6.46. The zero-order valence-corrected chi connectivity index (χ0v) is 8.80. The van der Waals surface area contributed by atoms with E-state index in [2.05, 4.69) is 30.9 Å². The summed E-state index contributed by atoms with van der Waals surface area (Å²) in [6.45, 7) is 0. The summed E-state index contributed by atoms with van der Waals surface area (Å²) in [5.41, 5.74) is 1.87. The molecule has 2 heterocycles. The maximum absolute atomic E-state index is 5.77. The number of hydrogen-bond acceptors (Lipinski definition) is 2. The largest absolute Gasteiger partial charge is 0.345 e. The van der Waals surface area contributed by atoms with Gasteiger partial charge in [0.25, 0.3) is 0 Å². The molecule has 0 aliphatic carbocycles. The number of hydrogen-bond donors (Lipinski definition) is 1. The van der Waals surface area contributed by atoms with Crippen LogP contribution in [0.1, 0.15) is 0 Å². The molecule has 5 heteroatoms. The molecule has 2 aromatic heterocycles. The normalized spacial score (nSPS) is 10.3. The molecular weight excluding hydrogens is 253 g/mol. The summed E-state index contributed by atoms with van der Waals surface area (Å²) >= 11 is 9.15. The standard InChI is InChI=1S/C8H5BrClN3/c9-6-2-12-8(10)1-5(6)7-3-11-4-13-7/h1-4H,(H,11,13). The number of nitrogens with zero attached hydrogens (tertiary/aromatic N) is 2. The van der Waals surface area contributed by atoms with E-state index in [0.29, 0.717) is 5.15 Å². The van der Waals surface area contributed by atoms with Gasteiger partial charge >= 0.3 is 0 Å². The minimum absolute atomic E-state index is 0.466. The summed E-state index contributed by atoms with van der Waals surface area (Å²) in [6.07, 6.45) is 5.02. The summed E-state index contributed by atoms with van der Waals surface area (Å²) < 4.78 is 0.890. The van der Waals surface area contributed by atoms with Crippen molar-refractivity contribution in [2.45, 2.75) is 0 Å². The summed E-state index contributed by atoms with van der Waals surface area (Å²) in [6, 6.07) is 1.78. The van der Waals surface area contributed by atoms with Crippen molar-refractivity contribution in [3.8, 4) is 11.3 Å². The highest BCUT2D eigenvalue weighted by molar-refractivity contribution is 9.10. The van der Waals surface area contributed by atoms with Gasteiger partial charge in [-0.05, 0) is 22.0 Å². The average molecular weight is 259 g/mol. The van der Waals surface area contributed by atoms with Crippen LogP contribution in [-0.4, -0.2) is 15.0 Å². The van der Waals surface area contributed by atoms with Gasteiger partial charge in [-0.3, -0.25) is 0 Å². The van der Waals surface area contributed by atoms with Crippen molar-refractivity contribution in [3.05, 3.63) is 34.4 Å². The van der Waals surface area contributed by atoms with Crippen LogP contribution in [0.2, 0.25) is 5.15 Å². The van der Waals surface area contributed by atoms with Crippen molar-refractivity contribution in [2.24, 2.45) is 0 Å². The van der Waals surface area contributed by atoms with Gasteiger partial charge in [-0.25, -0.2) is 9.97 Å². The molecule has 66 valence electrons. The maximum Gasteiger partial charge on any atom is 0.129 e. The van der Waals surface area contributed by atoms with E-state index in [0.717, 1.165) is 15.7 Å². The Kier molecular flexibility index (Phi) is 2.33. The Hall–Kier alpha value is -0.870. The van der Waals surface area contributed by atoms with Gasteiger partial charge in [0.15, 0.2) is 0 Å². The quantitative estimate of drug-likeness (QED) is 0.799. The van der Waals surface area contributed by atoms with E-state index in [1.54, 1.807) is 24.8 Å². The van der Waals surface area contributed by atoms with E-state index in [1.165, 1.54) is 0 Å². The van der Waals surface area contributed by atoms with Crippen LogP contribution < -0.4 is 0 Å². The van der Waals surface area contributed by atoms with E-state index in [9.17, 15) is 0 Å². The van der Waals surface area contributed by atoms with Gasteiger partial charge in [0.2, 0.25) is 0 Å². The van der Waals surface area contributed by atoms with E-state index < -0.39 is 0 Å². The molecule has 0 unspecified atom stereocenters. The van der Waals surface area contributed by atoms with Crippen LogP contribution in [0.25, 0.3) is 11.3 Å². The Labute approximate surface area is 88.3 Å². The molecule has 13 heavy (non-hydrogen) atoms. The summed E-state index contributed by atoms with van der Waals surface area (Å²) in [5, 5.41) is 0.466. The lowest BCUT2D eigenvalue weighted by Crippen LogP contribution is -1.82. The Morgan fingerprint density at radius 3 is 2.92 bits per heavy atom. The van der Waals surface area contributed by atoms with Gasteiger partial charge in [0.05, 0.1) is 18.2 Å². The first-order valence-corrected chi connectivity index (χ1v) is 4.74. The number of rotatable bonds is 1. The first kappa shape index (κ1) is 8.72. The molecule has 0 aromatic carbocycles. The maximum atomic E-state index is 5.77. The van der Waals surface area contributed by atoms with Crippen LogP contribution in [0.5, 0.6) is 0 Å². The highest BCUT2D eigenvalue weighted by Gasteiger charge is 2.05. The predicted molar refractivity (Wildman–Crippen MR) is 54.5 cm³/mol. The third-order valence-electron chi connectivity index (χ3n) is 1.61. The van der Waals surface area contributed by atoms with Crippen molar-refractivity contribution >= 4 is 27.5 Å². The average Bonchev–Trinajstić information content (AvgIpc) is 2.61. The second kappa shape index (κ2) is 3.47. The van der Waals surface area contributed by atoms with Crippen LogP contribution in [0.3, 0.4) is 0 Å². The Balaban J connectivity index is 2.57. The first-order valence-electron chi connectivity index (χ1n) is 3.57. The molecule has 0 amide bonds. The molecule has 0 bridgehead atoms. The lowest BCUT2D eigenvalue weighted by molar-refractivity contribution is 1.29. The number of aromatic amines is 1. The van der Waals surface area contributed by atoms with E-state index in [4.69, 9.17) is 11.6 Å². The fourth-order valence-electron chi connectivity index (χ4n) is 1.02. The molecule has 0 aliphatic heterocycles. The number of imidazole rings is 1. The molecular formula is C8H5BrClN3. The minimum Gasteiger partial charge on any atom is -0.345 e. The smallest absolute Gasteiger partial charge is 0.129 e. The van der Waals surface area contributed by atoms with Gasteiger partial charge in [-0.15, -0.1) is 0 Å². The van der Waals surface area contributed by atoms with Crippen molar-refractivity contribution in [3.63, 3.8) is 0 Å². The Bertz CT molecular complexity index is 413. The fourth-order valence-corrected chi connectivity index (χ4v) is 1.61. The van der Waals surface area contributed by atoms with Crippen LogP contribution >= 0.6 is 27.5 Å². The monoisotopic (exact) mass is 257 g/mol. The van der Waals surface area contributed by atoms with E-state index >= 15 is 0 Å². The topological polar surface area (TPSA) is 41.6 Å². The minimum atomic E-state index is 0.466. The number of halogens is 2. The van der Waals surface area contributed by atoms with Gasteiger partial charge in [0, 0.05) is 16.2 Å². The summed E-state index contributed by atoms with van der Waals surface area (Å²) in [5.74, 6) is 0. The number of H-pyrrole nitrogens is 1. The third kappa shape index (κ3) is 1.73. The molecule has 2 aromatic rings. The molecule has 0 spiro atoms. The Morgan fingerprint density at radius 2 is 2.23 bits per heavy atom. The van der Waals surface area contributed by atoms with Crippen molar-refractivity contribution < 1.29 is 0 Å². The molecule has 0 fully saturated rings. The first-order chi connectivity index (χ1) is 6.27. The molecule has 0 saturated heterocycles. The molecule has 0 saturated carbocycles. The summed E-state index contributed by atoms with van der Waals surface area (Å²) in [7, 11) is 0. The number of pyridine rings is 1. The van der Waals surface area contributed by atoms with Crippen molar-refractivity contribution in [1.82, 2.24) is 15.0 Å². The highest BCUT2D eigenvalue weighted by atomic mass is 79.9. The highest BCUT2D eigenvalue weighted by Crippen LogP contribution is 2.27. The molecule has 0 atom stereocenters.